The molecule has 0 aliphatic rings. The van der Waals surface area contributed by atoms with Crippen LogP contribution in [-0.4, -0.2) is 0 Å². The Hall–Kier alpha value is -0.700. The number of halogens is 5. The lowest BCUT2D eigenvalue weighted by atomic mass is 10.2. The normalized spacial score (nSPS) is 13.1. The van der Waals surface area contributed by atoms with Crippen molar-refractivity contribution in [1.29, 1.82) is 0 Å². The number of hydrogen-bond acceptors (Lipinski definition) is 0. The molecule has 1 aromatic carbocycles. The molecular weight excluding hydrogens is 210 g/mol. The lowest BCUT2D eigenvalue weighted by molar-refractivity contribution is 0.384. The zero-order valence-electron chi connectivity index (χ0n) is 6.12. The minimum absolute atomic E-state index is 0.283. The summed E-state index contributed by atoms with van der Waals surface area (Å²) in [6.07, 6.45) is 0. The third-order valence-corrected chi connectivity index (χ3v) is 1.79. The van der Waals surface area contributed by atoms with E-state index >= 15 is 0 Å². The standard InChI is InChI=1S/C7H4F5P/c8-3-1-2(7(12)13)4(9)6(11)5(3)10/h1,7H,13H2. The van der Waals surface area contributed by atoms with E-state index in [9.17, 15) is 22.0 Å². The summed E-state index contributed by atoms with van der Waals surface area (Å²) < 4.78 is 62.3. The average Bonchev–Trinajstić information content (AvgIpc) is 2.07. The van der Waals surface area contributed by atoms with Gasteiger partial charge in [-0.15, -0.1) is 0 Å². The Morgan fingerprint density at radius 1 is 1.00 bits per heavy atom. The van der Waals surface area contributed by atoms with Crippen LogP contribution in [0.15, 0.2) is 6.07 Å². The van der Waals surface area contributed by atoms with Crippen molar-refractivity contribution in [2.45, 2.75) is 5.91 Å². The molecule has 0 fully saturated rings. The first-order valence-corrected chi connectivity index (χ1v) is 3.84. The van der Waals surface area contributed by atoms with Crippen molar-refractivity contribution < 1.29 is 22.0 Å². The molecule has 0 nitrogen and oxygen atoms in total. The smallest absolute Gasteiger partial charge is 0.197 e. The van der Waals surface area contributed by atoms with E-state index < -0.39 is 34.7 Å². The van der Waals surface area contributed by atoms with E-state index in [0.717, 1.165) is 0 Å². The highest BCUT2D eigenvalue weighted by Crippen LogP contribution is 2.29. The zero-order valence-corrected chi connectivity index (χ0v) is 7.28. The van der Waals surface area contributed by atoms with Crippen molar-refractivity contribution in [3.63, 3.8) is 0 Å². The Kier molecular flexibility index (Phi) is 2.86. The molecule has 0 spiro atoms. The van der Waals surface area contributed by atoms with Gasteiger partial charge in [0.2, 0.25) is 0 Å². The SMILES string of the molecule is Fc1cc(C(F)P)c(F)c(F)c1F. The molecular formula is C7H4F5P. The molecule has 0 radical (unpaired) electrons. The van der Waals surface area contributed by atoms with Crippen molar-refractivity contribution in [3.05, 3.63) is 34.9 Å². The molecule has 0 aliphatic carbocycles. The van der Waals surface area contributed by atoms with Crippen molar-refractivity contribution in [1.82, 2.24) is 0 Å². The summed E-state index contributed by atoms with van der Waals surface area (Å²) >= 11 is 0. The first kappa shape index (κ1) is 10.4. The summed E-state index contributed by atoms with van der Waals surface area (Å²) in [7, 11) is 1.51. The van der Waals surface area contributed by atoms with Gasteiger partial charge < -0.3 is 0 Å². The quantitative estimate of drug-likeness (QED) is 0.291. The number of rotatable bonds is 1. The summed E-state index contributed by atoms with van der Waals surface area (Å²) in [5.74, 6) is -9.22. The van der Waals surface area contributed by atoms with Crippen LogP contribution in [0.2, 0.25) is 0 Å². The first-order chi connectivity index (χ1) is 5.95. The van der Waals surface area contributed by atoms with Gasteiger partial charge >= 0.3 is 0 Å². The monoisotopic (exact) mass is 214 g/mol. The molecule has 6 heteroatoms. The average molecular weight is 214 g/mol. The van der Waals surface area contributed by atoms with Gasteiger partial charge in [0, 0.05) is 5.56 Å². The molecule has 1 rings (SSSR count). The highest BCUT2D eigenvalue weighted by molar-refractivity contribution is 7.16. The highest BCUT2D eigenvalue weighted by atomic mass is 31.0. The highest BCUT2D eigenvalue weighted by Gasteiger charge is 2.21. The molecule has 0 N–H and O–H groups in total. The molecule has 72 valence electrons. The van der Waals surface area contributed by atoms with Crippen LogP contribution in [0.25, 0.3) is 0 Å². The van der Waals surface area contributed by atoms with E-state index in [2.05, 4.69) is 0 Å². The van der Waals surface area contributed by atoms with Gasteiger partial charge in [-0.05, 0) is 6.07 Å². The van der Waals surface area contributed by atoms with Crippen molar-refractivity contribution >= 4 is 9.24 Å². The molecule has 2 unspecified atom stereocenters. The number of hydrogen-bond donors (Lipinski definition) is 0. The summed E-state index contributed by atoms with van der Waals surface area (Å²) in [5.41, 5.74) is -0.860. The summed E-state index contributed by atoms with van der Waals surface area (Å²) in [6.45, 7) is 0. The second-order valence-corrected chi connectivity index (χ2v) is 2.88. The second-order valence-electron chi connectivity index (χ2n) is 2.29. The second kappa shape index (κ2) is 3.58. The summed E-state index contributed by atoms with van der Waals surface area (Å²) in [4.78, 5) is 0. The number of alkyl halides is 1. The van der Waals surface area contributed by atoms with E-state index in [1.807, 2.05) is 0 Å². The van der Waals surface area contributed by atoms with Gasteiger partial charge in [0.15, 0.2) is 23.3 Å². The van der Waals surface area contributed by atoms with Crippen molar-refractivity contribution in [2.75, 3.05) is 0 Å². The molecule has 0 heterocycles. The van der Waals surface area contributed by atoms with Gasteiger partial charge in [0.25, 0.3) is 0 Å². The molecule has 0 aliphatic heterocycles. The molecule has 0 aromatic heterocycles. The Bertz CT molecular complexity index is 336. The van der Waals surface area contributed by atoms with E-state index in [-0.39, 0.29) is 6.07 Å². The zero-order chi connectivity index (χ0) is 10.2. The summed E-state index contributed by atoms with van der Waals surface area (Å²) in [6, 6.07) is 0.283. The fraction of sp³-hybridized carbons (Fsp3) is 0.143. The minimum atomic E-state index is -2.00. The lowest BCUT2D eigenvalue weighted by Gasteiger charge is -2.05. The molecule has 0 amide bonds. The Morgan fingerprint density at radius 3 is 2.00 bits per heavy atom. The van der Waals surface area contributed by atoms with E-state index in [1.54, 1.807) is 0 Å². The van der Waals surface area contributed by atoms with Crippen molar-refractivity contribution in [3.8, 4) is 0 Å². The molecule has 1 aromatic rings. The van der Waals surface area contributed by atoms with Gasteiger partial charge in [-0.1, -0.05) is 9.24 Å². The summed E-state index contributed by atoms with van der Waals surface area (Å²) in [5, 5.41) is 0. The molecule has 13 heavy (non-hydrogen) atoms. The van der Waals surface area contributed by atoms with Gasteiger partial charge in [-0.2, -0.15) is 0 Å². The maximum Gasteiger partial charge on any atom is 0.197 e. The van der Waals surface area contributed by atoms with Crippen molar-refractivity contribution in [2.24, 2.45) is 0 Å². The van der Waals surface area contributed by atoms with Crippen LogP contribution in [-0.2, 0) is 0 Å². The Labute approximate surface area is 73.0 Å². The fourth-order valence-corrected chi connectivity index (χ4v) is 1.03. The molecule has 0 bridgehead atoms. The Morgan fingerprint density at radius 2 is 1.54 bits per heavy atom. The van der Waals surface area contributed by atoms with Crippen LogP contribution < -0.4 is 0 Å². The van der Waals surface area contributed by atoms with Gasteiger partial charge in [0.1, 0.15) is 5.91 Å². The fourth-order valence-electron chi connectivity index (χ4n) is 0.792. The van der Waals surface area contributed by atoms with Crippen LogP contribution >= 0.6 is 9.24 Å². The third-order valence-electron chi connectivity index (χ3n) is 1.43. The molecule has 2 atom stereocenters. The number of benzene rings is 1. The van der Waals surface area contributed by atoms with Gasteiger partial charge in [-0.3, -0.25) is 0 Å². The maximum absolute atomic E-state index is 12.7. The van der Waals surface area contributed by atoms with Crippen LogP contribution in [0.4, 0.5) is 22.0 Å². The van der Waals surface area contributed by atoms with Crippen LogP contribution in [0.3, 0.4) is 0 Å². The maximum atomic E-state index is 12.7. The van der Waals surface area contributed by atoms with Gasteiger partial charge in [-0.25, -0.2) is 22.0 Å². The topological polar surface area (TPSA) is 0 Å². The molecule has 0 saturated carbocycles. The minimum Gasteiger partial charge on any atom is -0.238 e. The third kappa shape index (κ3) is 1.80. The van der Waals surface area contributed by atoms with E-state index in [4.69, 9.17) is 0 Å². The molecule has 0 saturated heterocycles. The largest absolute Gasteiger partial charge is 0.238 e. The Balaban J connectivity index is 3.41. The van der Waals surface area contributed by atoms with Crippen LogP contribution in [0.1, 0.15) is 11.5 Å². The predicted octanol–water partition coefficient (Wildman–Crippen LogP) is 3.09. The first-order valence-electron chi connectivity index (χ1n) is 3.17. The van der Waals surface area contributed by atoms with Crippen LogP contribution in [0.5, 0.6) is 0 Å². The lowest BCUT2D eigenvalue weighted by Crippen LogP contribution is -2.01. The van der Waals surface area contributed by atoms with E-state index in [0.29, 0.717) is 0 Å². The van der Waals surface area contributed by atoms with E-state index in [1.165, 1.54) is 9.24 Å². The predicted molar refractivity (Wildman–Crippen MR) is 39.8 cm³/mol. The van der Waals surface area contributed by atoms with Crippen LogP contribution in [0, 0.1) is 23.3 Å². The van der Waals surface area contributed by atoms with Gasteiger partial charge in [0.05, 0.1) is 0 Å².